The number of unbranched alkanes of at least 4 members (excludes halogenated alkanes) is 3. The van der Waals surface area contributed by atoms with E-state index in [4.69, 9.17) is 5.11 Å². The van der Waals surface area contributed by atoms with Crippen LogP contribution in [0.1, 0.15) is 51.4 Å². The fourth-order valence-electron chi connectivity index (χ4n) is 2.05. The molecule has 2 atom stereocenters. The number of hydrogen-bond acceptors (Lipinski definition) is 5. The van der Waals surface area contributed by atoms with Gasteiger partial charge in [-0.15, -0.1) is 0 Å². The SMILES string of the molecule is O=C([O-])CCC[C@H](O)/C=C/C=C/C=C/[C@H](O)C/C=C\CCCCCO. The molecule has 0 fully saturated rings. The van der Waals surface area contributed by atoms with Crippen LogP contribution < -0.4 is 5.11 Å². The molecule has 142 valence electrons. The van der Waals surface area contributed by atoms with Crippen LogP contribution in [0.5, 0.6) is 0 Å². The molecule has 0 amide bonds. The molecule has 0 aliphatic carbocycles. The Bertz CT molecular complexity index is 437. The van der Waals surface area contributed by atoms with Gasteiger partial charge in [0, 0.05) is 12.6 Å². The van der Waals surface area contributed by atoms with Crippen molar-refractivity contribution in [3.8, 4) is 0 Å². The lowest BCUT2D eigenvalue weighted by molar-refractivity contribution is -0.305. The summed E-state index contributed by atoms with van der Waals surface area (Å²) in [4.78, 5) is 10.2. The molecule has 0 aromatic rings. The van der Waals surface area contributed by atoms with E-state index in [1.165, 1.54) is 0 Å². The van der Waals surface area contributed by atoms with Gasteiger partial charge in [0.05, 0.1) is 12.2 Å². The molecule has 0 aliphatic rings. The van der Waals surface area contributed by atoms with Gasteiger partial charge in [0.25, 0.3) is 0 Å². The minimum Gasteiger partial charge on any atom is -0.550 e. The number of carbonyl (C=O) groups is 1. The maximum absolute atomic E-state index is 10.2. The fourth-order valence-corrected chi connectivity index (χ4v) is 2.05. The van der Waals surface area contributed by atoms with Gasteiger partial charge in [-0.2, -0.15) is 0 Å². The van der Waals surface area contributed by atoms with Crippen LogP contribution in [-0.2, 0) is 4.79 Å². The van der Waals surface area contributed by atoms with E-state index in [0.717, 1.165) is 25.7 Å². The average Bonchev–Trinajstić information content (AvgIpc) is 2.56. The van der Waals surface area contributed by atoms with E-state index >= 15 is 0 Å². The Morgan fingerprint density at radius 1 is 0.880 bits per heavy atom. The Balaban J connectivity index is 3.79. The highest BCUT2D eigenvalue weighted by Gasteiger charge is 1.97. The number of rotatable bonds is 15. The molecular weight excluding hydrogens is 320 g/mol. The third-order valence-corrected chi connectivity index (χ3v) is 3.45. The monoisotopic (exact) mass is 351 g/mol. The summed E-state index contributed by atoms with van der Waals surface area (Å²) >= 11 is 0. The number of carboxylic acids is 1. The molecular formula is C20H31O5-. The molecule has 0 aliphatic heterocycles. The first-order valence-electron chi connectivity index (χ1n) is 8.89. The summed E-state index contributed by atoms with van der Waals surface area (Å²) in [5, 5.41) is 38.2. The van der Waals surface area contributed by atoms with Crippen LogP contribution in [0.15, 0.2) is 48.6 Å². The van der Waals surface area contributed by atoms with Crippen molar-refractivity contribution in [2.45, 2.75) is 63.6 Å². The zero-order chi connectivity index (χ0) is 18.8. The number of carboxylic acid groups (broad SMARTS) is 1. The summed E-state index contributed by atoms with van der Waals surface area (Å²) in [6.45, 7) is 0.247. The smallest absolute Gasteiger partial charge is 0.0758 e. The Labute approximate surface area is 150 Å². The van der Waals surface area contributed by atoms with Crippen molar-refractivity contribution < 1.29 is 25.2 Å². The maximum Gasteiger partial charge on any atom is 0.0758 e. The van der Waals surface area contributed by atoms with Crippen molar-refractivity contribution in [3.63, 3.8) is 0 Å². The van der Waals surface area contributed by atoms with E-state index in [0.29, 0.717) is 19.3 Å². The number of aliphatic hydroxyl groups excluding tert-OH is 3. The first kappa shape index (κ1) is 23.3. The Kier molecular flexibility index (Phi) is 16.0. The summed E-state index contributed by atoms with van der Waals surface area (Å²) in [5.41, 5.74) is 0. The first-order valence-corrected chi connectivity index (χ1v) is 8.89. The standard InChI is InChI=1S/C20H32O5/c21-17-10-6-2-1-3-7-12-18(22)13-8-4-5-9-14-19(23)15-11-16-20(24)25/h3-5,7-9,13-14,18-19,21-23H,1-2,6,10-12,15-17H2,(H,24,25)/p-1/b5-4+,7-3-,13-8+,14-9+/t18-,19-/m1/s1. The highest BCUT2D eigenvalue weighted by molar-refractivity contribution is 5.64. The highest BCUT2D eigenvalue weighted by atomic mass is 16.4. The predicted molar refractivity (Wildman–Crippen MR) is 97.6 cm³/mol. The van der Waals surface area contributed by atoms with Crippen LogP contribution in [0.4, 0.5) is 0 Å². The minimum atomic E-state index is -1.10. The second-order valence-electron chi connectivity index (χ2n) is 5.83. The molecule has 0 aromatic heterocycles. The van der Waals surface area contributed by atoms with Gasteiger partial charge in [-0.05, 0) is 44.9 Å². The molecule has 5 nitrogen and oxygen atoms in total. The number of allylic oxidation sites excluding steroid dienone is 5. The quantitative estimate of drug-likeness (QED) is 0.237. The van der Waals surface area contributed by atoms with E-state index in [-0.39, 0.29) is 13.0 Å². The van der Waals surface area contributed by atoms with Crippen LogP contribution >= 0.6 is 0 Å². The van der Waals surface area contributed by atoms with Gasteiger partial charge in [0.1, 0.15) is 0 Å². The van der Waals surface area contributed by atoms with Gasteiger partial charge in [-0.25, -0.2) is 0 Å². The number of aliphatic hydroxyl groups is 3. The lowest BCUT2D eigenvalue weighted by atomic mass is 10.1. The highest BCUT2D eigenvalue weighted by Crippen LogP contribution is 2.03. The maximum atomic E-state index is 10.2. The van der Waals surface area contributed by atoms with Crippen LogP contribution in [0.25, 0.3) is 0 Å². The summed E-state index contributed by atoms with van der Waals surface area (Å²) in [6.07, 6.45) is 18.2. The van der Waals surface area contributed by atoms with Crippen molar-refractivity contribution in [2.24, 2.45) is 0 Å². The number of hydrogen-bond donors (Lipinski definition) is 3. The Morgan fingerprint density at radius 2 is 1.56 bits per heavy atom. The van der Waals surface area contributed by atoms with Crippen molar-refractivity contribution >= 4 is 5.97 Å². The van der Waals surface area contributed by atoms with E-state index in [1.54, 1.807) is 36.5 Å². The van der Waals surface area contributed by atoms with Crippen LogP contribution in [0.2, 0.25) is 0 Å². The van der Waals surface area contributed by atoms with Gasteiger partial charge in [0.2, 0.25) is 0 Å². The van der Waals surface area contributed by atoms with Gasteiger partial charge >= 0.3 is 0 Å². The number of carbonyl (C=O) groups excluding carboxylic acids is 1. The summed E-state index contributed by atoms with van der Waals surface area (Å²) < 4.78 is 0. The molecule has 0 bridgehead atoms. The van der Waals surface area contributed by atoms with Gasteiger partial charge in [-0.1, -0.05) is 55.0 Å². The van der Waals surface area contributed by atoms with E-state index in [2.05, 4.69) is 6.08 Å². The van der Waals surface area contributed by atoms with Crippen LogP contribution in [0.3, 0.4) is 0 Å². The second-order valence-corrected chi connectivity index (χ2v) is 5.83. The van der Waals surface area contributed by atoms with E-state index in [9.17, 15) is 20.1 Å². The lowest BCUT2D eigenvalue weighted by Gasteiger charge is -2.04. The average molecular weight is 351 g/mol. The van der Waals surface area contributed by atoms with Gasteiger partial charge in [-0.3, -0.25) is 0 Å². The molecule has 0 saturated carbocycles. The summed E-state index contributed by atoms with van der Waals surface area (Å²) in [5.74, 6) is -1.10. The topological polar surface area (TPSA) is 101 Å². The molecule has 3 N–H and O–H groups in total. The first-order chi connectivity index (χ1) is 12.1. The number of aliphatic carboxylic acids is 1. The van der Waals surface area contributed by atoms with E-state index in [1.807, 2.05) is 6.08 Å². The van der Waals surface area contributed by atoms with Crippen LogP contribution in [0, 0.1) is 0 Å². The predicted octanol–water partition coefficient (Wildman–Crippen LogP) is 1.80. The molecule has 5 heteroatoms. The van der Waals surface area contributed by atoms with E-state index < -0.39 is 18.2 Å². The largest absolute Gasteiger partial charge is 0.550 e. The zero-order valence-corrected chi connectivity index (χ0v) is 14.8. The van der Waals surface area contributed by atoms with Crippen LogP contribution in [-0.4, -0.2) is 40.1 Å². The molecule has 0 spiro atoms. The Morgan fingerprint density at radius 3 is 2.20 bits per heavy atom. The van der Waals surface area contributed by atoms with Crippen molar-refractivity contribution in [2.75, 3.05) is 6.61 Å². The van der Waals surface area contributed by atoms with Gasteiger partial charge in [0.15, 0.2) is 0 Å². The molecule has 25 heavy (non-hydrogen) atoms. The third kappa shape index (κ3) is 18.5. The summed E-state index contributed by atoms with van der Waals surface area (Å²) in [7, 11) is 0. The molecule has 0 aromatic carbocycles. The molecule has 0 rings (SSSR count). The van der Waals surface area contributed by atoms with Crippen molar-refractivity contribution in [3.05, 3.63) is 48.6 Å². The Hall–Kier alpha value is -1.69. The summed E-state index contributed by atoms with van der Waals surface area (Å²) in [6, 6.07) is 0. The lowest BCUT2D eigenvalue weighted by Crippen LogP contribution is -2.22. The molecule has 0 saturated heterocycles. The zero-order valence-electron chi connectivity index (χ0n) is 14.8. The van der Waals surface area contributed by atoms with Crippen molar-refractivity contribution in [1.29, 1.82) is 0 Å². The minimum absolute atomic E-state index is 0.0432. The third-order valence-electron chi connectivity index (χ3n) is 3.45. The molecule has 0 unspecified atom stereocenters. The normalized spacial score (nSPS) is 15.0. The van der Waals surface area contributed by atoms with Crippen molar-refractivity contribution in [1.82, 2.24) is 0 Å². The van der Waals surface area contributed by atoms with Gasteiger partial charge < -0.3 is 25.2 Å². The fraction of sp³-hybridized carbons (Fsp3) is 0.550. The molecule has 0 heterocycles. The molecule has 0 radical (unpaired) electrons. The second kappa shape index (κ2) is 17.1.